The molecular formula is C14H8ClFN2O2S3. The van der Waals surface area contributed by atoms with Gasteiger partial charge in [-0.15, -0.1) is 22.2 Å². The van der Waals surface area contributed by atoms with Gasteiger partial charge in [0.1, 0.15) is 10.0 Å². The van der Waals surface area contributed by atoms with E-state index in [-0.39, 0.29) is 15.6 Å². The maximum atomic E-state index is 13.4. The van der Waals surface area contributed by atoms with Gasteiger partial charge >= 0.3 is 0 Å². The van der Waals surface area contributed by atoms with Crippen LogP contribution in [0.15, 0.2) is 38.9 Å². The number of terminal acetylenes is 1. The van der Waals surface area contributed by atoms with Gasteiger partial charge in [0.15, 0.2) is 0 Å². The third-order valence-corrected chi connectivity index (χ3v) is 7.02. The lowest BCUT2D eigenvalue weighted by atomic mass is 10.3. The largest absolute Gasteiger partial charge is 0.304 e. The summed E-state index contributed by atoms with van der Waals surface area (Å²) in [6, 6.07) is 7.04. The number of thiophene rings is 1. The van der Waals surface area contributed by atoms with Crippen molar-refractivity contribution in [3.63, 3.8) is 0 Å². The standard InChI is InChI=1S/C14H8ClFN2O2S3/c1-2-7-18-10-4-3-9(16)8-11(10)21-14(18)17-23(19,20)13-6-5-12(15)22-13/h1,3-6,8H,7H2. The van der Waals surface area contributed by atoms with Crippen molar-refractivity contribution in [2.24, 2.45) is 4.40 Å². The zero-order valence-corrected chi connectivity index (χ0v) is 14.6. The first-order valence-corrected chi connectivity index (χ1v) is 9.64. The fraction of sp³-hybridized carbons (Fsp3) is 0.0714. The van der Waals surface area contributed by atoms with Crippen LogP contribution >= 0.6 is 34.3 Å². The predicted octanol–water partition coefficient (Wildman–Crippen LogP) is 3.48. The summed E-state index contributed by atoms with van der Waals surface area (Å²) in [5.74, 6) is 2.04. The Morgan fingerprint density at radius 2 is 2.09 bits per heavy atom. The molecule has 0 amide bonds. The number of rotatable bonds is 3. The smallest absolute Gasteiger partial charge is 0.294 e. The van der Waals surface area contributed by atoms with Crippen molar-refractivity contribution in [1.82, 2.24) is 4.57 Å². The number of hydrogen-bond acceptors (Lipinski definition) is 4. The van der Waals surface area contributed by atoms with Crippen LogP contribution in [0.4, 0.5) is 4.39 Å². The maximum Gasteiger partial charge on any atom is 0.294 e. The quantitative estimate of drug-likeness (QED) is 0.647. The van der Waals surface area contributed by atoms with Crippen molar-refractivity contribution in [1.29, 1.82) is 0 Å². The minimum Gasteiger partial charge on any atom is -0.304 e. The molecule has 0 radical (unpaired) electrons. The molecular weight excluding hydrogens is 379 g/mol. The number of fused-ring (bicyclic) bond motifs is 1. The molecule has 0 spiro atoms. The van der Waals surface area contributed by atoms with Crippen molar-refractivity contribution in [3.05, 3.63) is 45.3 Å². The number of benzene rings is 1. The van der Waals surface area contributed by atoms with E-state index >= 15 is 0 Å². The Balaban J connectivity index is 2.26. The molecule has 1 aromatic carbocycles. The summed E-state index contributed by atoms with van der Waals surface area (Å²) in [5.41, 5.74) is 0.632. The van der Waals surface area contributed by atoms with Gasteiger partial charge in [-0.25, -0.2) is 4.39 Å². The van der Waals surface area contributed by atoms with E-state index in [0.29, 0.717) is 14.6 Å². The molecule has 9 heteroatoms. The summed E-state index contributed by atoms with van der Waals surface area (Å²) in [6.07, 6.45) is 5.34. The molecule has 0 saturated carbocycles. The fourth-order valence-corrected chi connectivity index (χ4v) is 5.66. The summed E-state index contributed by atoms with van der Waals surface area (Å²) in [4.78, 5) is 0.188. The average Bonchev–Trinajstić information content (AvgIpc) is 3.04. The maximum absolute atomic E-state index is 13.4. The highest BCUT2D eigenvalue weighted by Crippen LogP contribution is 2.27. The van der Waals surface area contributed by atoms with Crippen molar-refractivity contribution in [2.45, 2.75) is 10.8 Å². The predicted molar refractivity (Wildman–Crippen MR) is 90.7 cm³/mol. The summed E-state index contributed by atoms with van der Waals surface area (Å²) in [7, 11) is -3.90. The molecule has 23 heavy (non-hydrogen) atoms. The summed E-state index contributed by atoms with van der Waals surface area (Å²) < 4.78 is 44.5. The zero-order chi connectivity index (χ0) is 16.6. The number of sulfonamides is 1. The normalized spacial score (nSPS) is 12.7. The highest BCUT2D eigenvalue weighted by Gasteiger charge is 2.17. The van der Waals surface area contributed by atoms with Gasteiger partial charge in [0.2, 0.25) is 4.80 Å². The molecule has 2 aromatic heterocycles. The van der Waals surface area contributed by atoms with E-state index in [2.05, 4.69) is 10.3 Å². The molecule has 0 aliphatic carbocycles. The van der Waals surface area contributed by atoms with E-state index in [9.17, 15) is 12.8 Å². The van der Waals surface area contributed by atoms with Crippen LogP contribution in [-0.4, -0.2) is 13.0 Å². The topological polar surface area (TPSA) is 51.4 Å². The molecule has 0 aliphatic heterocycles. The van der Waals surface area contributed by atoms with E-state index in [0.717, 1.165) is 22.7 Å². The molecule has 118 valence electrons. The Morgan fingerprint density at radius 3 is 2.74 bits per heavy atom. The minimum atomic E-state index is -3.90. The number of nitrogens with zero attached hydrogens (tertiary/aromatic N) is 2. The molecule has 0 atom stereocenters. The number of halogens is 2. The monoisotopic (exact) mass is 386 g/mol. The van der Waals surface area contributed by atoms with E-state index in [1.807, 2.05) is 0 Å². The molecule has 0 fully saturated rings. The van der Waals surface area contributed by atoms with E-state index in [1.54, 1.807) is 10.6 Å². The lowest BCUT2D eigenvalue weighted by molar-refractivity contribution is 0.598. The van der Waals surface area contributed by atoms with Crippen LogP contribution in [0.25, 0.3) is 10.2 Å². The van der Waals surface area contributed by atoms with E-state index < -0.39 is 15.8 Å². The lowest BCUT2D eigenvalue weighted by Gasteiger charge is -1.99. The number of hydrogen-bond donors (Lipinski definition) is 0. The van der Waals surface area contributed by atoms with Crippen molar-refractivity contribution in [2.75, 3.05) is 0 Å². The van der Waals surface area contributed by atoms with Crippen LogP contribution in [0.3, 0.4) is 0 Å². The van der Waals surface area contributed by atoms with Crippen LogP contribution in [0.5, 0.6) is 0 Å². The second kappa shape index (κ2) is 6.09. The van der Waals surface area contributed by atoms with Crippen LogP contribution in [0, 0.1) is 18.2 Å². The minimum absolute atomic E-state index is 0.0402. The first-order chi connectivity index (χ1) is 10.9. The second-order valence-electron chi connectivity index (χ2n) is 4.41. The van der Waals surface area contributed by atoms with Crippen LogP contribution in [0.2, 0.25) is 4.34 Å². The molecule has 3 rings (SSSR count). The van der Waals surface area contributed by atoms with Gasteiger partial charge in [-0.3, -0.25) is 0 Å². The van der Waals surface area contributed by atoms with Gasteiger partial charge in [-0.1, -0.05) is 28.9 Å². The average molecular weight is 387 g/mol. The Kier molecular flexibility index (Phi) is 4.29. The van der Waals surface area contributed by atoms with Crippen molar-refractivity contribution >= 4 is 54.5 Å². The highest BCUT2D eigenvalue weighted by atomic mass is 35.5. The van der Waals surface area contributed by atoms with Crippen molar-refractivity contribution < 1.29 is 12.8 Å². The Labute approximate surface area is 144 Å². The molecule has 0 saturated heterocycles. The van der Waals surface area contributed by atoms with Gasteiger partial charge in [-0.2, -0.15) is 8.42 Å². The molecule has 4 nitrogen and oxygen atoms in total. The van der Waals surface area contributed by atoms with Crippen LogP contribution < -0.4 is 4.80 Å². The molecule has 0 N–H and O–H groups in total. The van der Waals surface area contributed by atoms with Gasteiger partial charge < -0.3 is 4.57 Å². The van der Waals surface area contributed by atoms with Gasteiger partial charge in [0.25, 0.3) is 10.0 Å². The lowest BCUT2D eigenvalue weighted by Crippen LogP contribution is -2.16. The third kappa shape index (κ3) is 3.19. The SMILES string of the molecule is C#CCn1c(=NS(=O)(=O)c2ccc(Cl)s2)sc2cc(F)ccc21. The second-order valence-corrected chi connectivity index (χ2v) is 8.97. The molecule has 0 unspecified atom stereocenters. The summed E-state index contributed by atoms with van der Waals surface area (Å²) in [5, 5.41) is 0. The first kappa shape index (κ1) is 16.2. The van der Waals surface area contributed by atoms with Crippen LogP contribution in [-0.2, 0) is 16.6 Å². The molecule has 2 heterocycles. The molecule has 3 aromatic rings. The van der Waals surface area contributed by atoms with E-state index in [1.165, 1.54) is 24.3 Å². The highest BCUT2D eigenvalue weighted by molar-refractivity contribution is 7.92. The van der Waals surface area contributed by atoms with Gasteiger partial charge in [0, 0.05) is 0 Å². The van der Waals surface area contributed by atoms with Gasteiger partial charge in [-0.05, 0) is 30.3 Å². The number of thiazole rings is 1. The fourth-order valence-electron chi connectivity index (χ4n) is 1.95. The van der Waals surface area contributed by atoms with Crippen LogP contribution in [0.1, 0.15) is 0 Å². The summed E-state index contributed by atoms with van der Waals surface area (Å²) >= 11 is 7.75. The molecule has 0 bridgehead atoms. The van der Waals surface area contributed by atoms with Gasteiger partial charge in [0.05, 0.1) is 21.1 Å². The Hall–Kier alpha value is -1.66. The van der Waals surface area contributed by atoms with Crippen molar-refractivity contribution in [3.8, 4) is 12.3 Å². The third-order valence-electron chi connectivity index (χ3n) is 2.90. The number of aromatic nitrogens is 1. The molecule has 0 aliphatic rings. The zero-order valence-electron chi connectivity index (χ0n) is 11.4. The Morgan fingerprint density at radius 1 is 1.30 bits per heavy atom. The first-order valence-electron chi connectivity index (χ1n) is 6.19. The summed E-state index contributed by atoms with van der Waals surface area (Å²) in [6.45, 7) is 0.130. The van der Waals surface area contributed by atoms with E-state index in [4.69, 9.17) is 18.0 Å². The Bertz CT molecular complexity index is 1100.